The standard InChI is InChI=1S/C18H12N2O3S2/c21-25(22)16-6-2-4-12-3-1-5-15(17(12)16)20(25)9-14-11-24-18(19-14)13-7-8-23-10-13/h1-8,10-11H,9H2. The summed E-state index contributed by atoms with van der Waals surface area (Å²) in [7, 11) is -3.56. The first-order valence-corrected chi connectivity index (χ1v) is 9.98. The number of thiazole rings is 1. The molecule has 5 rings (SSSR count). The van der Waals surface area contributed by atoms with Crippen LogP contribution in [0.3, 0.4) is 0 Å². The largest absolute Gasteiger partial charge is 0.472 e. The number of sulfonamides is 1. The molecule has 124 valence electrons. The normalized spacial score (nSPS) is 15.1. The molecular formula is C18H12N2O3S2. The van der Waals surface area contributed by atoms with Crippen LogP contribution in [0.5, 0.6) is 0 Å². The van der Waals surface area contributed by atoms with E-state index in [2.05, 4.69) is 4.98 Å². The Kier molecular flexibility index (Phi) is 3.04. The van der Waals surface area contributed by atoms with Gasteiger partial charge in [0.2, 0.25) is 0 Å². The molecule has 0 fully saturated rings. The van der Waals surface area contributed by atoms with Gasteiger partial charge in [0.15, 0.2) is 0 Å². The maximum absolute atomic E-state index is 13.0. The summed E-state index contributed by atoms with van der Waals surface area (Å²) in [5.41, 5.74) is 2.33. The molecule has 5 nitrogen and oxygen atoms in total. The second-order valence-corrected chi connectivity index (χ2v) is 8.49. The quantitative estimate of drug-likeness (QED) is 0.542. The van der Waals surface area contributed by atoms with Gasteiger partial charge in [0.25, 0.3) is 10.0 Å². The Balaban J connectivity index is 1.59. The van der Waals surface area contributed by atoms with E-state index in [1.54, 1.807) is 24.7 Å². The third-order valence-electron chi connectivity index (χ3n) is 4.31. The summed E-state index contributed by atoms with van der Waals surface area (Å²) in [5, 5.41) is 4.42. The summed E-state index contributed by atoms with van der Waals surface area (Å²) >= 11 is 1.47. The Morgan fingerprint density at radius 3 is 2.76 bits per heavy atom. The summed E-state index contributed by atoms with van der Waals surface area (Å²) in [4.78, 5) is 4.93. The lowest BCUT2D eigenvalue weighted by molar-refractivity contribution is 0.568. The first kappa shape index (κ1) is 14.7. The molecule has 0 spiro atoms. The Hall–Kier alpha value is -2.64. The first-order valence-electron chi connectivity index (χ1n) is 7.66. The highest BCUT2D eigenvalue weighted by molar-refractivity contribution is 7.93. The van der Waals surface area contributed by atoms with Crippen LogP contribution in [0.2, 0.25) is 0 Å². The van der Waals surface area contributed by atoms with Crippen molar-refractivity contribution in [3.8, 4) is 10.6 Å². The molecule has 0 saturated heterocycles. The van der Waals surface area contributed by atoms with Crippen molar-refractivity contribution in [1.82, 2.24) is 4.98 Å². The van der Waals surface area contributed by atoms with Crippen LogP contribution >= 0.6 is 11.3 Å². The van der Waals surface area contributed by atoms with E-state index in [0.29, 0.717) is 10.6 Å². The number of furan rings is 1. The van der Waals surface area contributed by atoms with Gasteiger partial charge < -0.3 is 4.42 Å². The van der Waals surface area contributed by atoms with E-state index in [1.807, 2.05) is 35.7 Å². The minimum absolute atomic E-state index is 0.213. The summed E-state index contributed by atoms with van der Waals surface area (Å²) in [5.74, 6) is 0. The average molecular weight is 368 g/mol. The molecule has 0 N–H and O–H groups in total. The zero-order chi connectivity index (χ0) is 17.0. The van der Waals surface area contributed by atoms with Gasteiger partial charge in [-0.1, -0.05) is 24.3 Å². The van der Waals surface area contributed by atoms with Crippen LogP contribution in [-0.4, -0.2) is 13.4 Å². The van der Waals surface area contributed by atoms with Crippen LogP contribution in [0, 0.1) is 0 Å². The Bertz CT molecular complexity index is 1190. The maximum Gasteiger partial charge on any atom is 0.265 e. The van der Waals surface area contributed by atoms with Gasteiger partial charge in [-0.2, -0.15) is 0 Å². The monoisotopic (exact) mass is 368 g/mol. The van der Waals surface area contributed by atoms with Crippen LogP contribution in [0.1, 0.15) is 5.69 Å². The van der Waals surface area contributed by atoms with Crippen molar-refractivity contribution in [1.29, 1.82) is 0 Å². The average Bonchev–Trinajstić information content (AvgIpc) is 3.33. The first-order chi connectivity index (χ1) is 12.1. The van der Waals surface area contributed by atoms with Crippen LogP contribution in [-0.2, 0) is 16.6 Å². The van der Waals surface area contributed by atoms with Crippen molar-refractivity contribution in [2.24, 2.45) is 0 Å². The molecule has 2 aromatic heterocycles. The molecule has 1 aliphatic rings. The van der Waals surface area contributed by atoms with Crippen LogP contribution < -0.4 is 4.31 Å². The number of benzene rings is 2. The molecule has 0 aliphatic carbocycles. The number of hydrogen-bond donors (Lipinski definition) is 0. The highest BCUT2D eigenvalue weighted by atomic mass is 32.2. The molecule has 0 atom stereocenters. The van der Waals surface area contributed by atoms with Gasteiger partial charge >= 0.3 is 0 Å². The second-order valence-electron chi connectivity index (χ2n) is 5.80. The van der Waals surface area contributed by atoms with Crippen molar-refractivity contribution in [3.63, 3.8) is 0 Å². The van der Waals surface area contributed by atoms with E-state index in [4.69, 9.17) is 4.42 Å². The van der Waals surface area contributed by atoms with E-state index in [9.17, 15) is 8.42 Å². The molecule has 3 heterocycles. The Morgan fingerprint density at radius 1 is 1.12 bits per heavy atom. The van der Waals surface area contributed by atoms with Gasteiger partial charge in [0.1, 0.15) is 11.3 Å². The number of nitrogens with zero attached hydrogens (tertiary/aromatic N) is 2. The molecule has 0 radical (unpaired) electrons. The lowest BCUT2D eigenvalue weighted by Crippen LogP contribution is -2.26. The molecular weight excluding hydrogens is 356 g/mol. The molecule has 25 heavy (non-hydrogen) atoms. The predicted molar refractivity (Wildman–Crippen MR) is 97.1 cm³/mol. The van der Waals surface area contributed by atoms with Crippen molar-refractivity contribution >= 4 is 37.8 Å². The summed E-state index contributed by atoms with van der Waals surface area (Å²) in [6.07, 6.45) is 3.23. The van der Waals surface area contributed by atoms with Gasteiger partial charge in [-0.05, 0) is 23.6 Å². The predicted octanol–water partition coefficient (Wildman–Crippen LogP) is 4.27. The van der Waals surface area contributed by atoms with E-state index in [-0.39, 0.29) is 6.54 Å². The second kappa shape index (κ2) is 5.18. The fourth-order valence-electron chi connectivity index (χ4n) is 3.17. The van der Waals surface area contributed by atoms with E-state index >= 15 is 0 Å². The van der Waals surface area contributed by atoms with Crippen LogP contribution in [0.25, 0.3) is 21.3 Å². The van der Waals surface area contributed by atoms with E-state index in [1.165, 1.54) is 15.6 Å². The molecule has 0 saturated carbocycles. The molecule has 7 heteroatoms. The molecule has 4 aromatic rings. The zero-order valence-corrected chi connectivity index (χ0v) is 14.5. The molecule has 0 amide bonds. The lowest BCUT2D eigenvalue weighted by atomic mass is 10.1. The number of aromatic nitrogens is 1. The minimum Gasteiger partial charge on any atom is -0.472 e. The fourth-order valence-corrected chi connectivity index (χ4v) is 5.65. The van der Waals surface area contributed by atoms with Gasteiger partial charge in [0.05, 0.1) is 29.1 Å². The Morgan fingerprint density at radius 2 is 1.96 bits per heavy atom. The minimum atomic E-state index is -3.56. The van der Waals surface area contributed by atoms with Crippen LogP contribution in [0.15, 0.2) is 69.7 Å². The molecule has 1 aliphatic heterocycles. The van der Waals surface area contributed by atoms with Crippen molar-refractivity contribution in [2.75, 3.05) is 4.31 Å². The molecule has 2 aromatic carbocycles. The maximum atomic E-state index is 13.0. The molecule has 0 unspecified atom stereocenters. The van der Waals surface area contributed by atoms with Crippen molar-refractivity contribution in [2.45, 2.75) is 11.4 Å². The third-order valence-corrected chi connectivity index (χ3v) is 7.05. The van der Waals surface area contributed by atoms with Crippen molar-refractivity contribution in [3.05, 3.63) is 66.1 Å². The van der Waals surface area contributed by atoms with E-state index in [0.717, 1.165) is 27.0 Å². The van der Waals surface area contributed by atoms with Crippen LogP contribution in [0.4, 0.5) is 5.69 Å². The molecule has 0 bridgehead atoms. The van der Waals surface area contributed by atoms with Crippen molar-refractivity contribution < 1.29 is 12.8 Å². The SMILES string of the molecule is O=S1(=O)c2cccc3cccc(c23)N1Cc1csc(-c2ccoc2)n1. The highest BCUT2D eigenvalue weighted by Gasteiger charge is 2.35. The summed E-state index contributed by atoms with van der Waals surface area (Å²) in [6, 6.07) is 12.9. The van der Waals surface area contributed by atoms with Gasteiger partial charge in [-0.25, -0.2) is 13.4 Å². The zero-order valence-electron chi connectivity index (χ0n) is 12.9. The smallest absolute Gasteiger partial charge is 0.265 e. The number of rotatable bonds is 3. The Labute approximate surface area is 148 Å². The van der Waals surface area contributed by atoms with Gasteiger partial charge in [-0.15, -0.1) is 11.3 Å². The number of hydrogen-bond acceptors (Lipinski definition) is 5. The van der Waals surface area contributed by atoms with E-state index < -0.39 is 10.0 Å². The summed E-state index contributed by atoms with van der Waals surface area (Å²) < 4.78 is 32.5. The summed E-state index contributed by atoms with van der Waals surface area (Å²) in [6.45, 7) is 0.213. The lowest BCUT2D eigenvalue weighted by Gasteiger charge is -2.17. The fraction of sp³-hybridized carbons (Fsp3) is 0.0556. The highest BCUT2D eigenvalue weighted by Crippen LogP contribution is 2.42. The number of anilines is 1. The van der Waals surface area contributed by atoms with Gasteiger partial charge in [0, 0.05) is 16.3 Å². The third kappa shape index (κ3) is 2.13. The topological polar surface area (TPSA) is 63.4 Å². The van der Waals surface area contributed by atoms with Gasteiger partial charge in [-0.3, -0.25) is 4.31 Å².